The highest BCUT2D eigenvalue weighted by Crippen LogP contribution is 2.24. The molecule has 2 unspecified atom stereocenters. The van der Waals surface area contributed by atoms with Crippen molar-refractivity contribution in [2.45, 2.75) is 46.1 Å². The molecule has 1 aromatic rings. The molecule has 2 rings (SSSR count). The first-order valence-electron chi connectivity index (χ1n) is 6.93. The summed E-state index contributed by atoms with van der Waals surface area (Å²) in [4.78, 5) is 12.4. The number of ether oxygens (including phenoxy) is 1. The Bertz CT molecular complexity index is 437. The molecule has 0 bridgehead atoms. The lowest BCUT2D eigenvalue weighted by Gasteiger charge is -2.11. The van der Waals surface area contributed by atoms with Crippen LogP contribution in [0.1, 0.15) is 48.7 Å². The number of benzene rings is 1. The maximum absolute atomic E-state index is 12.4. The fourth-order valence-electron chi connectivity index (χ4n) is 2.69. The van der Waals surface area contributed by atoms with Gasteiger partial charge in [-0.15, -0.1) is 0 Å². The molecular formula is C16H22O2. The van der Waals surface area contributed by atoms with E-state index in [4.69, 9.17) is 4.74 Å². The van der Waals surface area contributed by atoms with Gasteiger partial charge in [-0.3, -0.25) is 4.79 Å². The summed E-state index contributed by atoms with van der Waals surface area (Å²) in [5.41, 5.74) is 3.51. The third-order valence-corrected chi connectivity index (χ3v) is 3.82. The number of ketones is 1. The molecule has 1 aliphatic rings. The maximum Gasteiger partial charge on any atom is 0.168 e. The molecule has 0 aliphatic carbocycles. The lowest BCUT2D eigenvalue weighted by molar-refractivity contribution is 0.0877. The molecule has 1 fully saturated rings. The molecule has 2 heteroatoms. The first kappa shape index (κ1) is 13.3. The molecule has 1 aliphatic heterocycles. The lowest BCUT2D eigenvalue weighted by Crippen LogP contribution is -2.15. The monoisotopic (exact) mass is 246 g/mol. The number of hydrogen-bond acceptors (Lipinski definition) is 2. The van der Waals surface area contributed by atoms with Crippen molar-refractivity contribution in [3.8, 4) is 0 Å². The summed E-state index contributed by atoms with van der Waals surface area (Å²) in [6, 6.07) is 6.15. The normalized spacial score (nSPS) is 23.3. The van der Waals surface area contributed by atoms with Crippen LogP contribution in [0.5, 0.6) is 0 Å². The van der Waals surface area contributed by atoms with E-state index in [0.29, 0.717) is 6.61 Å². The second-order valence-corrected chi connectivity index (χ2v) is 5.13. The van der Waals surface area contributed by atoms with Crippen LogP contribution in [0.3, 0.4) is 0 Å². The average Bonchev–Trinajstić information content (AvgIpc) is 2.83. The van der Waals surface area contributed by atoms with E-state index in [1.165, 1.54) is 11.1 Å². The van der Waals surface area contributed by atoms with Crippen LogP contribution < -0.4 is 0 Å². The topological polar surface area (TPSA) is 26.3 Å². The van der Waals surface area contributed by atoms with Crippen LogP contribution in [0.4, 0.5) is 0 Å². The van der Waals surface area contributed by atoms with E-state index in [1.54, 1.807) is 0 Å². The van der Waals surface area contributed by atoms with E-state index in [-0.39, 0.29) is 17.8 Å². The number of carbonyl (C=O) groups excluding carboxylic acids is 1. The second-order valence-electron chi connectivity index (χ2n) is 5.13. The zero-order valence-corrected chi connectivity index (χ0v) is 11.5. The molecule has 1 aromatic carbocycles. The molecule has 98 valence electrons. The molecule has 0 N–H and O–H groups in total. The van der Waals surface area contributed by atoms with Crippen molar-refractivity contribution >= 4 is 5.78 Å². The Morgan fingerprint density at radius 2 is 2.00 bits per heavy atom. The molecule has 2 atom stereocenters. The molecule has 0 spiro atoms. The average molecular weight is 246 g/mol. The maximum atomic E-state index is 12.4. The molecule has 0 radical (unpaired) electrons. The first-order chi connectivity index (χ1) is 8.65. The third-order valence-electron chi connectivity index (χ3n) is 3.82. The van der Waals surface area contributed by atoms with E-state index in [0.717, 1.165) is 24.8 Å². The van der Waals surface area contributed by atoms with Crippen LogP contribution in [0, 0.1) is 5.92 Å². The largest absolute Gasteiger partial charge is 0.378 e. The predicted octanol–water partition coefficient (Wildman–Crippen LogP) is 3.42. The minimum absolute atomic E-state index is 0.0529. The van der Waals surface area contributed by atoms with Crippen LogP contribution in [0.15, 0.2) is 18.2 Å². The summed E-state index contributed by atoms with van der Waals surface area (Å²) < 4.78 is 5.49. The van der Waals surface area contributed by atoms with Crippen LogP contribution in [0.25, 0.3) is 0 Å². The molecule has 0 saturated carbocycles. The fraction of sp³-hybridized carbons (Fsp3) is 0.562. The molecule has 0 aromatic heterocycles. The van der Waals surface area contributed by atoms with Gasteiger partial charge in [0.15, 0.2) is 5.78 Å². The van der Waals surface area contributed by atoms with Crippen molar-refractivity contribution in [3.63, 3.8) is 0 Å². The molecular weight excluding hydrogens is 224 g/mol. The van der Waals surface area contributed by atoms with Crippen molar-refractivity contribution in [1.29, 1.82) is 0 Å². The molecule has 1 heterocycles. The number of Topliss-reactive ketones (excluding diaryl/α,β-unsaturated/α-hetero) is 1. The van der Waals surface area contributed by atoms with Gasteiger partial charge in [-0.25, -0.2) is 0 Å². The van der Waals surface area contributed by atoms with Gasteiger partial charge in [0.1, 0.15) is 0 Å². The van der Waals surface area contributed by atoms with Crippen molar-refractivity contribution < 1.29 is 9.53 Å². The van der Waals surface area contributed by atoms with Gasteiger partial charge in [0, 0.05) is 11.5 Å². The minimum Gasteiger partial charge on any atom is -0.378 e. The second kappa shape index (κ2) is 5.66. The van der Waals surface area contributed by atoms with Gasteiger partial charge in [-0.05, 0) is 43.4 Å². The van der Waals surface area contributed by atoms with Gasteiger partial charge >= 0.3 is 0 Å². The van der Waals surface area contributed by atoms with Crippen molar-refractivity contribution in [2.24, 2.45) is 5.92 Å². The molecule has 1 saturated heterocycles. The van der Waals surface area contributed by atoms with Crippen LogP contribution in [-0.2, 0) is 17.6 Å². The Morgan fingerprint density at radius 1 is 1.28 bits per heavy atom. The number of rotatable bonds is 4. The number of hydrogen-bond donors (Lipinski definition) is 0. The van der Waals surface area contributed by atoms with Crippen LogP contribution in [0.2, 0.25) is 0 Å². The Hall–Kier alpha value is -1.15. The van der Waals surface area contributed by atoms with Gasteiger partial charge in [-0.2, -0.15) is 0 Å². The zero-order valence-electron chi connectivity index (χ0n) is 11.5. The van der Waals surface area contributed by atoms with E-state index in [2.05, 4.69) is 26.0 Å². The highest BCUT2D eigenvalue weighted by molar-refractivity contribution is 5.98. The Balaban J connectivity index is 2.20. The lowest BCUT2D eigenvalue weighted by atomic mass is 9.92. The van der Waals surface area contributed by atoms with Crippen LogP contribution >= 0.6 is 0 Å². The summed E-state index contributed by atoms with van der Waals surface area (Å²) in [6.45, 7) is 6.91. The summed E-state index contributed by atoms with van der Waals surface area (Å²) >= 11 is 0. The van der Waals surface area contributed by atoms with Crippen molar-refractivity contribution in [2.75, 3.05) is 6.61 Å². The quantitative estimate of drug-likeness (QED) is 0.761. The number of aryl methyl sites for hydroxylation is 2. The smallest absolute Gasteiger partial charge is 0.168 e. The fourth-order valence-corrected chi connectivity index (χ4v) is 2.69. The SMILES string of the molecule is CCc1ccc(C(=O)C2COC(C)C2)cc1CC. The van der Waals surface area contributed by atoms with E-state index < -0.39 is 0 Å². The van der Waals surface area contributed by atoms with Crippen LogP contribution in [-0.4, -0.2) is 18.5 Å². The minimum atomic E-state index is 0.0529. The predicted molar refractivity (Wildman–Crippen MR) is 73.0 cm³/mol. The molecule has 2 nitrogen and oxygen atoms in total. The molecule has 18 heavy (non-hydrogen) atoms. The summed E-state index contributed by atoms with van der Waals surface area (Å²) in [5, 5.41) is 0. The third kappa shape index (κ3) is 2.64. The Morgan fingerprint density at radius 3 is 2.56 bits per heavy atom. The van der Waals surface area contributed by atoms with E-state index >= 15 is 0 Å². The highest BCUT2D eigenvalue weighted by Gasteiger charge is 2.29. The Kier molecular flexibility index (Phi) is 4.18. The van der Waals surface area contributed by atoms with Gasteiger partial charge in [0.05, 0.1) is 12.7 Å². The van der Waals surface area contributed by atoms with E-state index in [1.807, 2.05) is 13.0 Å². The van der Waals surface area contributed by atoms with Gasteiger partial charge in [0.2, 0.25) is 0 Å². The Labute approximate surface area is 109 Å². The van der Waals surface area contributed by atoms with Gasteiger partial charge in [0.25, 0.3) is 0 Å². The van der Waals surface area contributed by atoms with Crippen molar-refractivity contribution in [3.05, 3.63) is 34.9 Å². The van der Waals surface area contributed by atoms with Gasteiger partial charge in [-0.1, -0.05) is 26.0 Å². The highest BCUT2D eigenvalue weighted by atomic mass is 16.5. The molecule has 0 amide bonds. The standard InChI is InChI=1S/C16H22O2/c1-4-12-6-7-14(9-13(12)5-2)16(17)15-8-11(3)18-10-15/h6-7,9,11,15H,4-5,8,10H2,1-3H3. The van der Waals surface area contributed by atoms with Crippen molar-refractivity contribution in [1.82, 2.24) is 0 Å². The van der Waals surface area contributed by atoms with Gasteiger partial charge < -0.3 is 4.74 Å². The summed E-state index contributed by atoms with van der Waals surface area (Å²) in [6.07, 6.45) is 3.10. The zero-order chi connectivity index (χ0) is 13.1. The van der Waals surface area contributed by atoms with E-state index in [9.17, 15) is 4.79 Å². The summed E-state index contributed by atoms with van der Waals surface area (Å²) in [5.74, 6) is 0.300. The number of carbonyl (C=O) groups is 1. The summed E-state index contributed by atoms with van der Waals surface area (Å²) in [7, 11) is 0. The first-order valence-corrected chi connectivity index (χ1v) is 6.93.